The van der Waals surface area contributed by atoms with Gasteiger partial charge in [0.1, 0.15) is 5.82 Å². The molecule has 6 heteroatoms. The Bertz CT molecular complexity index is 431. The zero-order valence-corrected chi connectivity index (χ0v) is 9.65. The smallest absolute Gasteiger partial charge is 0.315 e. The van der Waals surface area contributed by atoms with Gasteiger partial charge in [-0.3, -0.25) is 4.79 Å². The molecule has 0 radical (unpaired) electrons. The second-order valence-electron chi connectivity index (χ2n) is 4.06. The first-order valence-corrected chi connectivity index (χ1v) is 5.66. The highest BCUT2D eigenvalue weighted by molar-refractivity contribution is 5.79. The molecule has 0 bridgehead atoms. The van der Waals surface area contributed by atoms with Crippen LogP contribution in [0.25, 0.3) is 0 Å². The first-order chi connectivity index (χ1) is 8.59. The SMILES string of the molecule is O=C(C(F)F)N1CCN(c2ccccc2F)CC1. The van der Waals surface area contributed by atoms with E-state index in [2.05, 4.69) is 0 Å². The van der Waals surface area contributed by atoms with Crippen LogP contribution in [-0.4, -0.2) is 43.4 Å². The van der Waals surface area contributed by atoms with E-state index < -0.39 is 12.3 Å². The van der Waals surface area contributed by atoms with E-state index in [1.807, 2.05) is 0 Å². The topological polar surface area (TPSA) is 23.6 Å². The van der Waals surface area contributed by atoms with Crippen LogP contribution in [0.5, 0.6) is 0 Å². The lowest BCUT2D eigenvalue weighted by atomic mass is 10.2. The van der Waals surface area contributed by atoms with Gasteiger partial charge in [-0.05, 0) is 12.1 Å². The minimum Gasteiger partial charge on any atom is -0.366 e. The van der Waals surface area contributed by atoms with Crippen LogP contribution in [0, 0.1) is 5.82 Å². The maximum absolute atomic E-state index is 13.5. The molecule has 3 nitrogen and oxygen atoms in total. The number of nitrogens with zero attached hydrogens (tertiary/aromatic N) is 2. The van der Waals surface area contributed by atoms with Gasteiger partial charge in [-0.1, -0.05) is 12.1 Å². The van der Waals surface area contributed by atoms with E-state index in [4.69, 9.17) is 0 Å². The quantitative estimate of drug-likeness (QED) is 0.806. The van der Waals surface area contributed by atoms with E-state index in [0.717, 1.165) is 4.90 Å². The summed E-state index contributed by atoms with van der Waals surface area (Å²) in [6.07, 6.45) is -2.97. The summed E-state index contributed by atoms with van der Waals surface area (Å²) in [6.45, 7) is 1.10. The van der Waals surface area contributed by atoms with Crippen molar-refractivity contribution in [3.63, 3.8) is 0 Å². The van der Waals surface area contributed by atoms with Crippen LogP contribution in [0.1, 0.15) is 0 Å². The molecule has 0 unspecified atom stereocenters. The predicted molar refractivity (Wildman–Crippen MR) is 61.2 cm³/mol. The van der Waals surface area contributed by atoms with E-state index in [1.165, 1.54) is 6.07 Å². The lowest BCUT2D eigenvalue weighted by Gasteiger charge is -2.36. The fourth-order valence-corrected chi connectivity index (χ4v) is 2.01. The number of carbonyl (C=O) groups is 1. The Morgan fingerprint density at radius 3 is 2.28 bits per heavy atom. The van der Waals surface area contributed by atoms with Gasteiger partial charge in [-0.25, -0.2) is 4.39 Å². The molecule has 1 aromatic carbocycles. The van der Waals surface area contributed by atoms with Crippen LogP contribution in [-0.2, 0) is 4.79 Å². The van der Waals surface area contributed by atoms with Gasteiger partial charge in [-0.15, -0.1) is 0 Å². The van der Waals surface area contributed by atoms with Gasteiger partial charge in [0, 0.05) is 26.2 Å². The fourth-order valence-electron chi connectivity index (χ4n) is 2.01. The van der Waals surface area contributed by atoms with Crippen molar-refractivity contribution in [1.82, 2.24) is 4.90 Å². The third-order valence-corrected chi connectivity index (χ3v) is 2.97. The molecule has 18 heavy (non-hydrogen) atoms. The number of amides is 1. The van der Waals surface area contributed by atoms with Crippen LogP contribution < -0.4 is 4.90 Å². The van der Waals surface area contributed by atoms with Crippen molar-refractivity contribution in [2.75, 3.05) is 31.1 Å². The monoisotopic (exact) mass is 258 g/mol. The van der Waals surface area contributed by atoms with Crippen LogP contribution in [0.4, 0.5) is 18.9 Å². The average Bonchev–Trinajstić information content (AvgIpc) is 2.38. The highest BCUT2D eigenvalue weighted by Gasteiger charge is 2.27. The first kappa shape index (κ1) is 12.7. The summed E-state index contributed by atoms with van der Waals surface area (Å²) in [6, 6.07) is 6.30. The number of anilines is 1. The Morgan fingerprint density at radius 2 is 1.72 bits per heavy atom. The van der Waals surface area contributed by atoms with E-state index in [0.29, 0.717) is 18.8 Å². The Balaban J connectivity index is 1.99. The third kappa shape index (κ3) is 2.57. The number of para-hydroxylation sites is 1. The Morgan fingerprint density at radius 1 is 1.11 bits per heavy atom. The van der Waals surface area contributed by atoms with Crippen LogP contribution in [0.3, 0.4) is 0 Å². The number of benzene rings is 1. The zero-order chi connectivity index (χ0) is 13.1. The van der Waals surface area contributed by atoms with Gasteiger partial charge in [0.2, 0.25) is 0 Å². The second-order valence-corrected chi connectivity index (χ2v) is 4.06. The Hall–Kier alpha value is -1.72. The zero-order valence-electron chi connectivity index (χ0n) is 9.65. The summed E-state index contributed by atoms with van der Waals surface area (Å²) < 4.78 is 38.0. The Kier molecular flexibility index (Phi) is 3.74. The molecule has 98 valence electrons. The average molecular weight is 258 g/mol. The normalized spacial score (nSPS) is 16.2. The lowest BCUT2D eigenvalue weighted by Crippen LogP contribution is -2.50. The minimum absolute atomic E-state index is 0.192. The molecule has 0 N–H and O–H groups in total. The van der Waals surface area contributed by atoms with Gasteiger partial charge in [0.25, 0.3) is 5.91 Å². The standard InChI is InChI=1S/C12H13F3N2O/c13-9-3-1-2-4-10(9)16-5-7-17(8-6-16)12(18)11(14)15/h1-4,11H,5-8H2. The summed E-state index contributed by atoms with van der Waals surface area (Å²) in [4.78, 5) is 14.0. The van der Waals surface area contributed by atoms with E-state index >= 15 is 0 Å². The van der Waals surface area contributed by atoms with Crippen molar-refractivity contribution in [2.45, 2.75) is 6.43 Å². The number of alkyl halides is 2. The molecular formula is C12H13F3N2O. The third-order valence-electron chi connectivity index (χ3n) is 2.97. The van der Waals surface area contributed by atoms with Crippen molar-refractivity contribution in [3.05, 3.63) is 30.1 Å². The number of hydrogen-bond acceptors (Lipinski definition) is 2. The van der Waals surface area contributed by atoms with E-state index in [-0.39, 0.29) is 18.9 Å². The molecular weight excluding hydrogens is 245 g/mol. The predicted octanol–water partition coefficient (Wildman–Crippen LogP) is 1.74. The summed E-state index contributed by atoms with van der Waals surface area (Å²) >= 11 is 0. The molecule has 0 atom stereocenters. The number of rotatable bonds is 2. The molecule has 2 rings (SSSR count). The number of piperazine rings is 1. The highest BCUT2D eigenvalue weighted by Crippen LogP contribution is 2.20. The second kappa shape index (κ2) is 5.29. The molecule has 1 saturated heterocycles. The Labute approximate surface area is 103 Å². The minimum atomic E-state index is -2.97. The number of hydrogen-bond donors (Lipinski definition) is 0. The molecule has 0 spiro atoms. The van der Waals surface area contributed by atoms with Crippen LogP contribution in [0.15, 0.2) is 24.3 Å². The van der Waals surface area contributed by atoms with Crippen molar-refractivity contribution in [3.8, 4) is 0 Å². The summed E-state index contributed by atoms with van der Waals surface area (Å²) in [7, 11) is 0. The largest absolute Gasteiger partial charge is 0.366 e. The summed E-state index contributed by atoms with van der Waals surface area (Å²) in [5.74, 6) is -1.49. The van der Waals surface area contributed by atoms with Crippen LogP contribution in [0.2, 0.25) is 0 Å². The van der Waals surface area contributed by atoms with Gasteiger partial charge in [0.15, 0.2) is 0 Å². The molecule has 0 saturated carbocycles. The maximum atomic E-state index is 13.5. The fraction of sp³-hybridized carbons (Fsp3) is 0.417. The molecule has 0 aromatic heterocycles. The van der Waals surface area contributed by atoms with Gasteiger partial charge >= 0.3 is 6.43 Å². The lowest BCUT2D eigenvalue weighted by molar-refractivity contribution is -0.143. The molecule has 1 heterocycles. The number of halogens is 3. The molecule has 1 aliphatic heterocycles. The van der Waals surface area contributed by atoms with Crippen molar-refractivity contribution < 1.29 is 18.0 Å². The number of carbonyl (C=O) groups excluding carboxylic acids is 1. The van der Waals surface area contributed by atoms with Crippen molar-refractivity contribution >= 4 is 11.6 Å². The summed E-state index contributed by atoms with van der Waals surface area (Å²) in [5.41, 5.74) is 0.446. The van der Waals surface area contributed by atoms with Gasteiger partial charge in [-0.2, -0.15) is 8.78 Å². The van der Waals surface area contributed by atoms with Gasteiger partial charge in [0.05, 0.1) is 5.69 Å². The summed E-state index contributed by atoms with van der Waals surface area (Å²) in [5, 5.41) is 0. The molecule has 1 fully saturated rings. The van der Waals surface area contributed by atoms with Gasteiger partial charge < -0.3 is 9.80 Å². The first-order valence-electron chi connectivity index (χ1n) is 5.66. The van der Waals surface area contributed by atoms with Crippen molar-refractivity contribution in [1.29, 1.82) is 0 Å². The van der Waals surface area contributed by atoms with E-state index in [1.54, 1.807) is 23.1 Å². The molecule has 0 aliphatic carbocycles. The van der Waals surface area contributed by atoms with Crippen LogP contribution >= 0.6 is 0 Å². The van der Waals surface area contributed by atoms with Crippen molar-refractivity contribution in [2.24, 2.45) is 0 Å². The highest BCUT2D eigenvalue weighted by atomic mass is 19.3. The molecule has 1 aromatic rings. The maximum Gasteiger partial charge on any atom is 0.315 e. The molecule has 1 amide bonds. The molecule has 1 aliphatic rings. The van der Waals surface area contributed by atoms with E-state index in [9.17, 15) is 18.0 Å².